The van der Waals surface area contributed by atoms with E-state index in [1.807, 2.05) is 0 Å². The molecule has 0 bridgehead atoms. The van der Waals surface area contributed by atoms with Gasteiger partial charge in [0, 0.05) is 12.5 Å². The highest BCUT2D eigenvalue weighted by atomic mass is 19.4. The molecule has 1 unspecified atom stereocenters. The molecule has 0 aliphatic carbocycles. The van der Waals surface area contributed by atoms with Gasteiger partial charge in [0.05, 0.1) is 11.3 Å². The van der Waals surface area contributed by atoms with Gasteiger partial charge in [-0.2, -0.15) is 141 Å². The van der Waals surface area contributed by atoms with Gasteiger partial charge in [-0.1, -0.05) is 6.07 Å². The summed E-state index contributed by atoms with van der Waals surface area (Å²) >= 11 is 0. The molecule has 0 aliphatic heterocycles. The Kier molecular flexibility index (Phi) is 13.8. The molecule has 0 saturated carbocycles. The standard InChI is InChI=1S/C27H13F31N2O2/c1-8-3-4-10(11(5-8)59-7-61)12(62)60-9(2)6-13(28,29)14(30,31)15(32,33)16(34,35)17(36,37)18(38,39)19(40,41)20(42,43)21(44,45)22(46,47)23(48,49)24(50,51)25(52,53)26(54,55)27(56,57)58/h3-5,9H,6H2,1-2H3,(H,60,62). The van der Waals surface area contributed by atoms with Gasteiger partial charge in [-0.15, -0.1) is 0 Å². The highest BCUT2D eigenvalue weighted by Crippen LogP contribution is 2.69. The number of aryl methyl sites for hydroxylation is 1. The van der Waals surface area contributed by atoms with Crippen LogP contribution >= 0.6 is 0 Å². The maximum absolute atomic E-state index is 14.4. The molecule has 0 fully saturated rings. The van der Waals surface area contributed by atoms with Gasteiger partial charge in [-0.25, -0.2) is 4.79 Å². The van der Waals surface area contributed by atoms with Crippen molar-refractivity contribution in [1.29, 1.82) is 0 Å². The first kappa shape index (κ1) is 55.9. The molecule has 1 rings (SSSR count). The van der Waals surface area contributed by atoms with Crippen LogP contribution < -0.4 is 5.32 Å². The zero-order chi connectivity index (χ0) is 50.3. The van der Waals surface area contributed by atoms with Crippen LogP contribution in [-0.4, -0.2) is 107 Å². The third kappa shape index (κ3) is 7.40. The number of amides is 1. The normalized spacial score (nSPS) is 16.2. The number of carbonyl (C=O) groups is 1. The van der Waals surface area contributed by atoms with Crippen molar-refractivity contribution in [3.05, 3.63) is 29.3 Å². The number of hydrogen-bond donors (Lipinski definition) is 1. The van der Waals surface area contributed by atoms with Crippen molar-refractivity contribution in [3.8, 4) is 0 Å². The SMILES string of the molecule is Cc1ccc(C(=O)NC(C)CC(F)(F)C(F)(F)C(F)(F)C(F)(F)C(F)(F)C(F)(F)C(F)(F)C(F)(F)C(F)(F)C(F)(F)C(F)(F)C(F)(F)C(F)(F)C(F)(F)C(F)(F)F)c(N=C=O)c1. The first-order valence-corrected chi connectivity index (χ1v) is 14.6. The number of isocyanates is 1. The van der Waals surface area contributed by atoms with E-state index in [1.165, 1.54) is 12.2 Å². The Labute approximate surface area is 319 Å². The van der Waals surface area contributed by atoms with Crippen molar-refractivity contribution in [2.45, 2.75) is 115 Å². The molecule has 62 heavy (non-hydrogen) atoms. The number of carbonyl (C=O) groups excluding carboxylic acids is 2. The van der Waals surface area contributed by atoms with Crippen molar-refractivity contribution < 1.29 is 146 Å². The van der Waals surface area contributed by atoms with E-state index in [0.717, 1.165) is 18.2 Å². The Morgan fingerprint density at radius 2 is 0.774 bits per heavy atom. The molecule has 1 amide bonds. The van der Waals surface area contributed by atoms with Gasteiger partial charge in [-0.3, -0.25) is 4.79 Å². The van der Waals surface area contributed by atoms with E-state index in [0.29, 0.717) is 6.07 Å². The van der Waals surface area contributed by atoms with E-state index in [2.05, 4.69) is 4.99 Å². The Bertz CT molecular complexity index is 1880. The third-order valence-corrected chi connectivity index (χ3v) is 8.05. The highest BCUT2D eigenvalue weighted by molar-refractivity contribution is 5.99. The van der Waals surface area contributed by atoms with E-state index in [4.69, 9.17) is 0 Å². The fraction of sp³-hybridized carbons (Fsp3) is 0.704. The number of alkyl halides is 31. The van der Waals surface area contributed by atoms with E-state index in [1.54, 1.807) is 0 Å². The molecule has 0 spiro atoms. The molecule has 360 valence electrons. The predicted octanol–water partition coefficient (Wildman–Crippen LogP) is 11.9. The molecule has 1 atom stereocenters. The molecule has 0 saturated heterocycles. The predicted molar refractivity (Wildman–Crippen MR) is 136 cm³/mol. The third-order valence-electron chi connectivity index (χ3n) is 8.05. The van der Waals surface area contributed by atoms with Crippen LogP contribution in [-0.2, 0) is 4.79 Å². The number of rotatable bonds is 18. The molecule has 0 heterocycles. The summed E-state index contributed by atoms with van der Waals surface area (Å²) in [6.07, 6.45) is -10.8. The average molecular weight is 986 g/mol. The van der Waals surface area contributed by atoms with Gasteiger partial charge in [0.2, 0.25) is 6.08 Å². The molecule has 0 aromatic heterocycles. The van der Waals surface area contributed by atoms with Gasteiger partial charge < -0.3 is 5.32 Å². The minimum atomic E-state index is -10.1. The lowest BCUT2D eigenvalue weighted by Gasteiger charge is -2.46. The number of halogens is 31. The second kappa shape index (κ2) is 15.3. The van der Waals surface area contributed by atoms with Crippen LogP contribution in [0, 0.1) is 6.92 Å². The lowest BCUT2D eigenvalue weighted by atomic mass is 9.82. The Balaban J connectivity index is 3.85. The maximum Gasteiger partial charge on any atom is 0.460 e. The zero-order valence-corrected chi connectivity index (χ0v) is 28.5. The fourth-order valence-corrected chi connectivity index (χ4v) is 4.42. The molecule has 0 aliphatic rings. The Morgan fingerprint density at radius 3 is 1.05 bits per heavy atom. The zero-order valence-electron chi connectivity index (χ0n) is 28.5. The van der Waals surface area contributed by atoms with E-state index < -0.39 is 119 Å². The van der Waals surface area contributed by atoms with E-state index >= 15 is 0 Å². The van der Waals surface area contributed by atoms with Gasteiger partial charge in [-0.05, 0) is 31.5 Å². The molecule has 1 N–H and O–H groups in total. The molecular formula is C27H13F31N2O2. The summed E-state index contributed by atoms with van der Waals surface area (Å²) in [7, 11) is 0. The number of benzene rings is 1. The van der Waals surface area contributed by atoms with Crippen molar-refractivity contribution in [1.82, 2.24) is 5.32 Å². The van der Waals surface area contributed by atoms with Crippen LogP contribution in [0.25, 0.3) is 0 Å². The Morgan fingerprint density at radius 1 is 0.500 bits per heavy atom. The van der Waals surface area contributed by atoms with Gasteiger partial charge >= 0.3 is 89.1 Å². The first-order valence-electron chi connectivity index (χ1n) is 14.6. The average Bonchev–Trinajstić information content (AvgIpc) is 3.06. The van der Waals surface area contributed by atoms with Crippen molar-refractivity contribution in [2.75, 3.05) is 0 Å². The number of aliphatic imine (C=N–C) groups is 1. The molecule has 0 radical (unpaired) electrons. The summed E-state index contributed by atoms with van der Waals surface area (Å²) in [5.41, 5.74) is -1.47. The molecule has 1 aromatic carbocycles. The largest absolute Gasteiger partial charge is 0.460 e. The summed E-state index contributed by atoms with van der Waals surface area (Å²) in [6, 6.07) is -0.398. The van der Waals surface area contributed by atoms with Gasteiger partial charge in [0.15, 0.2) is 0 Å². The number of nitrogens with zero attached hydrogens (tertiary/aromatic N) is 1. The van der Waals surface area contributed by atoms with Crippen molar-refractivity contribution in [3.63, 3.8) is 0 Å². The molecule has 4 nitrogen and oxygen atoms in total. The maximum atomic E-state index is 14.4. The highest BCUT2D eigenvalue weighted by Gasteiger charge is 3.01. The second-order valence-corrected chi connectivity index (χ2v) is 12.5. The first-order chi connectivity index (χ1) is 26.7. The monoisotopic (exact) mass is 986 g/mol. The number of nitrogens with one attached hydrogen (secondary N) is 1. The summed E-state index contributed by atoms with van der Waals surface area (Å²) in [5.74, 6) is -134. The number of hydrogen-bond acceptors (Lipinski definition) is 3. The van der Waals surface area contributed by atoms with Crippen LogP contribution in [0.1, 0.15) is 29.3 Å². The summed E-state index contributed by atoms with van der Waals surface area (Å²) in [6.45, 7) is 1.28. The molecular weight excluding hydrogens is 973 g/mol. The van der Waals surface area contributed by atoms with Gasteiger partial charge in [0.25, 0.3) is 5.91 Å². The van der Waals surface area contributed by atoms with Crippen LogP contribution in [0.15, 0.2) is 23.2 Å². The second-order valence-electron chi connectivity index (χ2n) is 12.5. The smallest absolute Gasteiger partial charge is 0.349 e. The Hall–Kier alpha value is -4.10. The minimum Gasteiger partial charge on any atom is -0.349 e. The lowest BCUT2D eigenvalue weighted by Crippen LogP contribution is -2.79. The van der Waals surface area contributed by atoms with E-state index in [-0.39, 0.29) is 12.5 Å². The molecule has 35 heteroatoms. The van der Waals surface area contributed by atoms with Crippen LogP contribution in [0.2, 0.25) is 0 Å². The summed E-state index contributed by atoms with van der Waals surface area (Å²) in [4.78, 5) is 25.8. The summed E-state index contributed by atoms with van der Waals surface area (Å²) in [5, 5.41) is 1.21. The van der Waals surface area contributed by atoms with Crippen LogP contribution in [0.3, 0.4) is 0 Å². The summed E-state index contributed by atoms with van der Waals surface area (Å²) < 4.78 is 427. The lowest BCUT2D eigenvalue weighted by molar-refractivity contribution is -0.489. The quantitative estimate of drug-likeness (QED) is 0.0905. The van der Waals surface area contributed by atoms with E-state index in [9.17, 15) is 146 Å². The van der Waals surface area contributed by atoms with Crippen LogP contribution in [0.5, 0.6) is 0 Å². The van der Waals surface area contributed by atoms with Gasteiger partial charge in [0.1, 0.15) is 0 Å². The topological polar surface area (TPSA) is 58.5 Å². The van der Waals surface area contributed by atoms with Crippen molar-refractivity contribution >= 4 is 17.7 Å². The van der Waals surface area contributed by atoms with Crippen LogP contribution in [0.4, 0.5) is 142 Å². The fourth-order valence-electron chi connectivity index (χ4n) is 4.42. The minimum absolute atomic E-state index is 0.0404. The van der Waals surface area contributed by atoms with Crippen molar-refractivity contribution in [2.24, 2.45) is 4.99 Å². The molecule has 1 aromatic rings.